The lowest BCUT2D eigenvalue weighted by Gasteiger charge is -2.18. The molecule has 0 aliphatic rings. The Morgan fingerprint density at radius 1 is 1.07 bits per heavy atom. The maximum atomic E-state index is 13.8. The van der Waals surface area contributed by atoms with Gasteiger partial charge in [-0.3, -0.25) is 4.79 Å². The third kappa shape index (κ3) is 6.75. The molecule has 0 fully saturated rings. The van der Waals surface area contributed by atoms with Gasteiger partial charge in [0.25, 0.3) is 5.56 Å². The first-order valence-corrected chi connectivity index (χ1v) is 14.8. The maximum Gasteiger partial charge on any atom is 0.344 e. The Kier molecular flexibility index (Phi) is 10.2. The fourth-order valence-electron chi connectivity index (χ4n) is 4.49. The lowest BCUT2D eigenvalue weighted by atomic mass is 9.96. The number of hydrogen-bond acceptors (Lipinski definition) is 8. The van der Waals surface area contributed by atoms with Gasteiger partial charge in [0.15, 0.2) is 23.9 Å². The number of fused-ring (bicyclic) bond motifs is 1. The van der Waals surface area contributed by atoms with Gasteiger partial charge in [-0.2, -0.15) is 9.78 Å². The van der Waals surface area contributed by atoms with E-state index in [0.717, 1.165) is 22.4 Å². The molecule has 220 valence electrons. The van der Waals surface area contributed by atoms with E-state index >= 15 is 0 Å². The van der Waals surface area contributed by atoms with Crippen LogP contribution in [0.5, 0.6) is 17.2 Å². The molecule has 4 rings (SSSR count). The van der Waals surface area contributed by atoms with E-state index in [9.17, 15) is 9.59 Å². The van der Waals surface area contributed by atoms with Gasteiger partial charge in [0, 0.05) is 5.56 Å². The molecule has 0 amide bonds. The van der Waals surface area contributed by atoms with Gasteiger partial charge in [0.2, 0.25) is 0 Å². The summed E-state index contributed by atoms with van der Waals surface area (Å²) < 4.78 is 24.1. The number of hydrogen-bond donors (Lipinski definition) is 0. The van der Waals surface area contributed by atoms with Gasteiger partial charge in [0.05, 0.1) is 41.0 Å². The average Bonchev–Trinajstić information content (AvgIpc) is 2.96. The number of rotatable bonds is 11. The zero-order valence-electron chi connectivity index (χ0n) is 24.6. The highest BCUT2D eigenvalue weighted by molar-refractivity contribution is 14.1. The van der Waals surface area contributed by atoms with Crippen molar-refractivity contribution in [3.05, 3.63) is 79.1 Å². The molecule has 0 bridgehead atoms. The van der Waals surface area contributed by atoms with E-state index in [2.05, 4.69) is 41.5 Å². The lowest BCUT2D eigenvalue weighted by Crippen LogP contribution is -2.21. The smallest absolute Gasteiger partial charge is 0.344 e. The van der Waals surface area contributed by atoms with Gasteiger partial charge in [-0.1, -0.05) is 26.0 Å². The normalized spacial score (nSPS) is 11.3. The molecule has 0 saturated heterocycles. The van der Waals surface area contributed by atoms with Crippen molar-refractivity contribution in [2.75, 3.05) is 26.9 Å². The van der Waals surface area contributed by atoms with Gasteiger partial charge in [-0.05, 0) is 102 Å². The number of benzene rings is 3. The predicted octanol–water partition coefficient (Wildman–Crippen LogP) is 6.33. The second-order valence-electron chi connectivity index (χ2n) is 9.73. The summed E-state index contributed by atoms with van der Waals surface area (Å²) in [6, 6.07) is 14.8. The van der Waals surface area contributed by atoms with E-state index in [1.54, 1.807) is 31.3 Å². The standard InChI is InChI=1S/C32H34IN3O6/c1-7-40-27-13-20(5)24(16-23(27)19(3)4)31-35-26-12-10-9-11-22(26)32(38)36(31)34-17-21-14-25(33)30(28(15-21)39-6)42-18-29(37)41-8-2/h9-17,19H,7-8,18H2,1-6H3. The van der Waals surface area contributed by atoms with E-state index in [0.29, 0.717) is 44.0 Å². The number of halogens is 1. The summed E-state index contributed by atoms with van der Waals surface area (Å²) in [7, 11) is 1.51. The van der Waals surface area contributed by atoms with E-state index in [-0.39, 0.29) is 24.7 Å². The van der Waals surface area contributed by atoms with Crippen LogP contribution in [0.4, 0.5) is 0 Å². The zero-order valence-corrected chi connectivity index (χ0v) is 26.7. The van der Waals surface area contributed by atoms with Gasteiger partial charge in [-0.15, -0.1) is 0 Å². The summed E-state index contributed by atoms with van der Waals surface area (Å²) >= 11 is 2.10. The number of carbonyl (C=O) groups excluding carboxylic acids is 1. The van der Waals surface area contributed by atoms with E-state index in [1.165, 1.54) is 11.8 Å². The summed E-state index contributed by atoms with van der Waals surface area (Å²) in [5, 5.41) is 5.09. The Bertz CT molecular complexity index is 1700. The minimum atomic E-state index is -0.470. The molecule has 3 aromatic carbocycles. The third-order valence-electron chi connectivity index (χ3n) is 6.49. The largest absolute Gasteiger partial charge is 0.494 e. The monoisotopic (exact) mass is 683 g/mol. The van der Waals surface area contributed by atoms with Crippen LogP contribution in [0.25, 0.3) is 22.3 Å². The van der Waals surface area contributed by atoms with Crippen molar-refractivity contribution < 1.29 is 23.7 Å². The number of aryl methyl sites for hydroxylation is 1. The van der Waals surface area contributed by atoms with Crippen molar-refractivity contribution in [1.82, 2.24) is 9.66 Å². The lowest BCUT2D eigenvalue weighted by molar-refractivity contribution is -0.145. The van der Waals surface area contributed by atoms with Gasteiger partial charge < -0.3 is 18.9 Å². The molecule has 10 heteroatoms. The summed E-state index contributed by atoms with van der Waals surface area (Å²) in [5.74, 6) is 1.80. The summed E-state index contributed by atoms with van der Waals surface area (Å²) in [5.41, 5.74) is 3.68. The predicted molar refractivity (Wildman–Crippen MR) is 172 cm³/mol. The number of ether oxygens (including phenoxy) is 4. The highest BCUT2D eigenvalue weighted by Crippen LogP contribution is 2.35. The second-order valence-corrected chi connectivity index (χ2v) is 10.9. The molecular weight excluding hydrogens is 649 g/mol. The number of nitrogens with zero attached hydrogens (tertiary/aromatic N) is 3. The molecule has 0 radical (unpaired) electrons. The van der Waals surface area contributed by atoms with E-state index in [4.69, 9.17) is 23.9 Å². The van der Waals surface area contributed by atoms with Crippen LogP contribution in [-0.4, -0.2) is 48.8 Å². The Morgan fingerprint density at radius 2 is 1.83 bits per heavy atom. The summed E-state index contributed by atoms with van der Waals surface area (Å²) in [6.07, 6.45) is 1.58. The molecule has 9 nitrogen and oxygen atoms in total. The molecule has 0 atom stereocenters. The SMILES string of the molecule is CCOC(=O)COc1c(I)cc(C=Nn2c(-c3cc(C(C)C)c(OCC)cc3C)nc3ccccc3c2=O)cc1OC. The van der Waals surface area contributed by atoms with Gasteiger partial charge in [0.1, 0.15) is 5.75 Å². The molecule has 0 saturated carbocycles. The number of carbonyl (C=O) groups is 1. The van der Waals surface area contributed by atoms with E-state index in [1.807, 2.05) is 44.2 Å². The van der Waals surface area contributed by atoms with Crippen LogP contribution < -0.4 is 19.8 Å². The molecule has 0 aliphatic carbocycles. The molecule has 42 heavy (non-hydrogen) atoms. The van der Waals surface area contributed by atoms with Crippen LogP contribution in [0.2, 0.25) is 0 Å². The number of methoxy groups -OCH3 is 1. The summed E-state index contributed by atoms with van der Waals surface area (Å²) in [6.45, 7) is 10.5. The van der Waals surface area contributed by atoms with Gasteiger partial charge in [-0.25, -0.2) is 9.78 Å². The maximum absolute atomic E-state index is 13.8. The first kappa shape index (κ1) is 31.0. The van der Waals surface area contributed by atoms with Crippen molar-refractivity contribution in [2.24, 2.45) is 5.10 Å². The molecule has 4 aromatic rings. The molecule has 0 N–H and O–H groups in total. The third-order valence-corrected chi connectivity index (χ3v) is 7.29. The van der Waals surface area contributed by atoms with Crippen molar-refractivity contribution in [1.29, 1.82) is 0 Å². The zero-order chi connectivity index (χ0) is 30.4. The number of esters is 1. The summed E-state index contributed by atoms with van der Waals surface area (Å²) in [4.78, 5) is 30.5. The Labute approximate surface area is 258 Å². The van der Waals surface area contributed by atoms with Crippen LogP contribution in [-0.2, 0) is 9.53 Å². The van der Waals surface area contributed by atoms with Crippen molar-refractivity contribution in [3.8, 4) is 28.6 Å². The van der Waals surface area contributed by atoms with Crippen LogP contribution in [0, 0.1) is 10.5 Å². The first-order chi connectivity index (χ1) is 20.2. The molecule has 1 heterocycles. The minimum Gasteiger partial charge on any atom is -0.494 e. The van der Waals surface area contributed by atoms with Crippen molar-refractivity contribution in [2.45, 2.75) is 40.5 Å². The van der Waals surface area contributed by atoms with Crippen LogP contribution in [0.3, 0.4) is 0 Å². The van der Waals surface area contributed by atoms with E-state index < -0.39 is 5.97 Å². The van der Waals surface area contributed by atoms with Crippen molar-refractivity contribution >= 4 is 45.7 Å². The highest BCUT2D eigenvalue weighted by atomic mass is 127. The molecule has 1 aromatic heterocycles. The molecule has 0 spiro atoms. The van der Waals surface area contributed by atoms with Gasteiger partial charge >= 0.3 is 5.97 Å². The number of para-hydroxylation sites is 1. The highest BCUT2D eigenvalue weighted by Gasteiger charge is 2.19. The topological polar surface area (TPSA) is 101 Å². The fourth-order valence-corrected chi connectivity index (χ4v) is 5.27. The molecule has 0 unspecified atom stereocenters. The first-order valence-electron chi connectivity index (χ1n) is 13.7. The second kappa shape index (κ2) is 13.8. The average molecular weight is 684 g/mol. The molecule has 0 aliphatic heterocycles. The Hall–Kier alpha value is -3.93. The quantitative estimate of drug-likeness (QED) is 0.104. The van der Waals surface area contributed by atoms with Crippen molar-refractivity contribution in [3.63, 3.8) is 0 Å². The Morgan fingerprint density at radius 3 is 2.52 bits per heavy atom. The molecular formula is C32H34IN3O6. The van der Waals surface area contributed by atoms with Crippen LogP contribution in [0.1, 0.15) is 50.3 Å². The minimum absolute atomic E-state index is 0.189. The fraction of sp³-hybridized carbons (Fsp3) is 0.312. The Balaban J connectivity index is 1.84. The number of aromatic nitrogens is 2. The van der Waals surface area contributed by atoms with Crippen LogP contribution >= 0.6 is 22.6 Å². The van der Waals surface area contributed by atoms with Crippen LogP contribution in [0.15, 0.2) is 58.4 Å².